The van der Waals surface area contributed by atoms with E-state index >= 15 is 0 Å². The molecule has 3 heterocycles. The number of ether oxygens (including phenoxy) is 2. The summed E-state index contributed by atoms with van der Waals surface area (Å²) in [6.45, 7) is 5.31. The third-order valence-corrected chi connectivity index (χ3v) is 9.61. The van der Waals surface area contributed by atoms with Crippen molar-refractivity contribution in [3.8, 4) is 0 Å². The quantitative estimate of drug-likeness (QED) is 0.578. The number of aliphatic hydroxyl groups is 3. The van der Waals surface area contributed by atoms with E-state index in [1.54, 1.807) is 0 Å². The highest BCUT2D eigenvalue weighted by molar-refractivity contribution is 5.52. The molecular weight excluding hydrogens is 370 g/mol. The summed E-state index contributed by atoms with van der Waals surface area (Å²) in [6.07, 6.45) is 7.22. The molecule has 7 aliphatic rings. The van der Waals surface area contributed by atoms with E-state index in [9.17, 15) is 15.3 Å². The molecule has 29 heavy (non-hydrogen) atoms. The third kappa shape index (κ3) is 1.87. The summed E-state index contributed by atoms with van der Waals surface area (Å²) in [5, 5.41) is 33.7. The molecular formula is C23H33NO5. The standard InChI is InChI=1S/C23H33NO5/c1-14(25)16-6-7-22-17-5-4-15-10-21(27)9-8-19(15,2)23(17,29-21)18(26)11-20(16,22)12-24(3)13-28-22/h5-6,14-15,18,25-27H,4,7-13H2,1-3H3/t14-,15+,18+,19-,20-,21+,22-,23-/m0/s1. The van der Waals surface area contributed by atoms with Crippen LogP contribution in [-0.2, 0) is 9.47 Å². The fraction of sp³-hybridized carbons (Fsp3) is 0.826. The summed E-state index contributed by atoms with van der Waals surface area (Å²) >= 11 is 0. The Morgan fingerprint density at radius 1 is 1.24 bits per heavy atom. The molecule has 0 radical (unpaired) electrons. The average molecular weight is 404 g/mol. The molecule has 1 spiro atoms. The molecule has 0 aromatic heterocycles. The van der Waals surface area contributed by atoms with Crippen molar-refractivity contribution in [3.63, 3.8) is 0 Å². The van der Waals surface area contributed by atoms with Crippen molar-refractivity contribution >= 4 is 0 Å². The van der Waals surface area contributed by atoms with Crippen LogP contribution in [0.5, 0.6) is 0 Å². The van der Waals surface area contributed by atoms with Crippen LogP contribution < -0.4 is 0 Å². The van der Waals surface area contributed by atoms with Crippen molar-refractivity contribution in [2.75, 3.05) is 20.3 Å². The molecule has 0 aromatic rings. The molecule has 3 saturated heterocycles. The van der Waals surface area contributed by atoms with Crippen molar-refractivity contribution in [1.82, 2.24) is 4.90 Å². The van der Waals surface area contributed by atoms with Crippen LogP contribution in [0.15, 0.2) is 23.3 Å². The molecule has 5 fully saturated rings. The Morgan fingerprint density at radius 3 is 2.79 bits per heavy atom. The van der Waals surface area contributed by atoms with E-state index in [0.29, 0.717) is 38.3 Å². The second-order valence-electron chi connectivity index (χ2n) is 10.9. The van der Waals surface area contributed by atoms with Crippen LogP contribution in [-0.4, -0.2) is 69.7 Å². The summed E-state index contributed by atoms with van der Waals surface area (Å²) in [4.78, 5) is 2.14. The molecule has 8 atom stereocenters. The highest BCUT2D eigenvalue weighted by atomic mass is 16.7. The zero-order valence-corrected chi connectivity index (χ0v) is 17.6. The van der Waals surface area contributed by atoms with Gasteiger partial charge in [-0.2, -0.15) is 0 Å². The normalized spacial score (nSPS) is 56.8. The van der Waals surface area contributed by atoms with Gasteiger partial charge in [-0.15, -0.1) is 0 Å². The highest BCUT2D eigenvalue weighted by Crippen LogP contribution is 2.74. The molecule has 4 aliphatic carbocycles. The first-order chi connectivity index (χ1) is 13.6. The highest BCUT2D eigenvalue weighted by Gasteiger charge is 2.79. The minimum Gasteiger partial charge on any atom is -0.390 e. The van der Waals surface area contributed by atoms with E-state index < -0.39 is 34.6 Å². The molecule has 0 unspecified atom stereocenters. The second kappa shape index (κ2) is 5.34. The van der Waals surface area contributed by atoms with Gasteiger partial charge in [0, 0.05) is 30.2 Å². The van der Waals surface area contributed by atoms with Gasteiger partial charge in [0.15, 0.2) is 5.79 Å². The lowest BCUT2D eigenvalue weighted by Gasteiger charge is -2.74. The Balaban J connectivity index is 1.59. The largest absolute Gasteiger partial charge is 0.390 e. The second-order valence-corrected chi connectivity index (χ2v) is 10.9. The Kier molecular flexibility index (Phi) is 3.50. The zero-order chi connectivity index (χ0) is 20.4. The van der Waals surface area contributed by atoms with Gasteiger partial charge in [-0.25, -0.2) is 0 Å². The summed E-state index contributed by atoms with van der Waals surface area (Å²) < 4.78 is 13.3. The maximum absolute atomic E-state index is 11.8. The molecule has 3 N–H and O–H groups in total. The topological polar surface area (TPSA) is 82.4 Å². The van der Waals surface area contributed by atoms with Gasteiger partial charge in [0.05, 0.1) is 12.2 Å². The Labute approximate surface area is 172 Å². The first kappa shape index (κ1) is 19.0. The Hall–Kier alpha value is -0.760. The predicted molar refractivity (Wildman–Crippen MR) is 106 cm³/mol. The van der Waals surface area contributed by atoms with Crippen LogP contribution in [0, 0.1) is 16.7 Å². The fourth-order valence-electron chi connectivity index (χ4n) is 8.44. The lowest BCUT2D eigenvalue weighted by Crippen LogP contribution is -2.80. The zero-order valence-electron chi connectivity index (χ0n) is 17.6. The summed E-state index contributed by atoms with van der Waals surface area (Å²) in [5.41, 5.74) is -0.222. The van der Waals surface area contributed by atoms with E-state index in [1.165, 1.54) is 0 Å². The van der Waals surface area contributed by atoms with Crippen LogP contribution in [0.3, 0.4) is 0 Å². The Bertz CT molecular complexity index is 839. The monoisotopic (exact) mass is 403 g/mol. The van der Waals surface area contributed by atoms with E-state index in [0.717, 1.165) is 30.5 Å². The molecule has 7 rings (SSSR count). The molecule has 160 valence electrons. The van der Waals surface area contributed by atoms with Crippen molar-refractivity contribution < 1.29 is 24.8 Å². The van der Waals surface area contributed by atoms with Gasteiger partial charge in [0.2, 0.25) is 0 Å². The van der Waals surface area contributed by atoms with Crippen LogP contribution in [0.4, 0.5) is 0 Å². The molecule has 0 aromatic carbocycles. The summed E-state index contributed by atoms with van der Waals surface area (Å²) in [5.74, 6) is -0.862. The summed E-state index contributed by atoms with van der Waals surface area (Å²) in [6, 6.07) is 0. The van der Waals surface area contributed by atoms with E-state index in [2.05, 4.69) is 24.0 Å². The van der Waals surface area contributed by atoms with Gasteiger partial charge < -0.3 is 24.8 Å². The number of hydrogen-bond acceptors (Lipinski definition) is 6. The molecule has 6 heteroatoms. The number of aliphatic hydroxyl groups excluding tert-OH is 2. The molecule has 4 bridgehead atoms. The van der Waals surface area contributed by atoms with Gasteiger partial charge in [0.1, 0.15) is 17.9 Å². The van der Waals surface area contributed by atoms with Gasteiger partial charge in [-0.1, -0.05) is 19.1 Å². The number of hydrogen-bond donors (Lipinski definition) is 3. The SMILES string of the molecule is C[C@H](O)C1=CC[C@@]23OCN(C)C[C@@]12C[C@@H](O)[C@]12O[C@]4(O)CC[C@@]1(C)[C@H](CC=C32)C4. The third-order valence-electron chi connectivity index (χ3n) is 9.61. The van der Waals surface area contributed by atoms with Gasteiger partial charge >= 0.3 is 0 Å². The maximum atomic E-state index is 11.8. The minimum absolute atomic E-state index is 0.220. The van der Waals surface area contributed by atoms with Gasteiger partial charge in [-0.05, 0) is 56.7 Å². The van der Waals surface area contributed by atoms with E-state index in [1.807, 2.05) is 14.0 Å². The fourth-order valence-corrected chi connectivity index (χ4v) is 8.44. The van der Waals surface area contributed by atoms with E-state index in [4.69, 9.17) is 9.47 Å². The van der Waals surface area contributed by atoms with Crippen molar-refractivity contribution in [1.29, 1.82) is 0 Å². The van der Waals surface area contributed by atoms with E-state index in [-0.39, 0.29) is 5.41 Å². The lowest BCUT2D eigenvalue weighted by molar-refractivity contribution is -0.405. The number of nitrogens with zero attached hydrogens (tertiary/aromatic N) is 1. The molecule has 0 amide bonds. The minimum atomic E-state index is -1.16. The van der Waals surface area contributed by atoms with Crippen LogP contribution in [0.25, 0.3) is 0 Å². The number of allylic oxidation sites excluding steroid dienone is 1. The summed E-state index contributed by atoms with van der Waals surface area (Å²) in [7, 11) is 2.03. The van der Waals surface area contributed by atoms with Crippen molar-refractivity contribution in [2.24, 2.45) is 16.7 Å². The first-order valence-corrected chi connectivity index (χ1v) is 11.2. The van der Waals surface area contributed by atoms with Gasteiger partial charge in [-0.3, -0.25) is 4.90 Å². The smallest absolute Gasteiger partial charge is 0.167 e. The number of fused-ring (bicyclic) bond motifs is 1. The molecule has 6 nitrogen and oxygen atoms in total. The average Bonchev–Trinajstić information content (AvgIpc) is 2.96. The van der Waals surface area contributed by atoms with Crippen molar-refractivity contribution in [3.05, 3.63) is 23.3 Å². The molecule has 3 aliphatic heterocycles. The van der Waals surface area contributed by atoms with Gasteiger partial charge in [0.25, 0.3) is 0 Å². The lowest BCUT2D eigenvalue weighted by atomic mass is 9.41. The Morgan fingerprint density at radius 2 is 2.03 bits per heavy atom. The van der Waals surface area contributed by atoms with Crippen LogP contribution in [0.2, 0.25) is 0 Å². The van der Waals surface area contributed by atoms with Crippen molar-refractivity contribution in [2.45, 2.75) is 81.6 Å². The predicted octanol–water partition coefficient (Wildman–Crippen LogP) is 1.70. The maximum Gasteiger partial charge on any atom is 0.167 e. The number of rotatable bonds is 1. The molecule has 2 saturated carbocycles. The van der Waals surface area contributed by atoms with Crippen LogP contribution in [0.1, 0.15) is 52.4 Å². The first-order valence-electron chi connectivity index (χ1n) is 11.2. The van der Waals surface area contributed by atoms with Crippen LogP contribution >= 0.6 is 0 Å².